The molecule has 53 heavy (non-hydrogen) atoms. The van der Waals surface area contributed by atoms with Crippen molar-refractivity contribution in [1.82, 2.24) is 35.7 Å². The first-order chi connectivity index (χ1) is 24.9. The zero-order valence-corrected chi connectivity index (χ0v) is 31.3. The molecule has 1 aromatic heterocycles. The van der Waals surface area contributed by atoms with Crippen LogP contribution >= 0.6 is 0 Å². The van der Waals surface area contributed by atoms with E-state index >= 15 is 0 Å². The first-order valence-electron chi connectivity index (χ1n) is 18.1. The first-order valence-corrected chi connectivity index (χ1v) is 18.1. The Morgan fingerprint density at radius 3 is 2.30 bits per heavy atom. The van der Waals surface area contributed by atoms with E-state index in [0.29, 0.717) is 31.4 Å². The lowest BCUT2D eigenvalue weighted by Gasteiger charge is -2.33. The van der Waals surface area contributed by atoms with Gasteiger partial charge in [0, 0.05) is 37.9 Å². The molecule has 2 fully saturated rings. The number of ether oxygens (including phenoxy) is 1. The number of aliphatic imine (C=N–C) groups is 1. The molecule has 1 aromatic rings. The number of aliphatic carboxylic acids is 1. The van der Waals surface area contributed by atoms with Crippen LogP contribution in [0.4, 0.5) is 0 Å². The summed E-state index contributed by atoms with van der Waals surface area (Å²) in [6, 6.07) is -5.48. The second-order valence-electron chi connectivity index (χ2n) is 14.9. The minimum absolute atomic E-state index is 0.0370. The van der Waals surface area contributed by atoms with Gasteiger partial charge in [0.15, 0.2) is 12.0 Å². The highest BCUT2D eigenvalue weighted by Crippen LogP contribution is 2.28. The number of aromatic nitrogens is 2. The van der Waals surface area contributed by atoms with Crippen molar-refractivity contribution in [3.05, 3.63) is 18.2 Å². The molecule has 3 heterocycles. The van der Waals surface area contributed by atoms with Crippen LogP contribution in [0.15, 0.2) is 17.5 Å². The van der Waals surface area contributed by atoms with E-state index in [4.69, 9.17) is 21.9 Å². The van der Waals surface area contributed by atoms with Gasteiger partial charge in [0.25, 0.3) is 0 Å². The number of amides is 5. The fourth-order valence-corrected chi connectivity index (χ4v) is 6.66. The molecule has 296 valence electrons. The van der Waals surface area contributed by atoms with Gasteiger partial charge < -0.3 is 57.8 Å². The lowest BCUT2D eigenvalue weighted by molar-refractivity contribution is -0.157. The number of nitrogens with one attached hydrogen (secondary N) is 4. The van der Waals surface area contributed by atoms with Gasteiger partial charge in [-0.3, -0.25) is 29.0 Å². The monoisotopic (exact) mass is 747 g/mol. The average Bonchev–Trinajstić information content (AvgIpc) is 3.85. The Hall–Kier alpha value is -4.78. The van der Waals surface area contributed by atoms with Crippen molar-refractivity contribution in [2.24, 2.45) is 28.1 Å². The molecule has 0 radical (unpaired) electrons. The molecule has 5 amide bonds. The van der Waals surface area contributed by atoms with E-state index in [1.165, 1.54) is 22.3 Å². The summed E-state index contributed by atoms with van der Waals surface area (Å²) in [7, 11) is 0. The van der Waals surface area contributed by atoms with Gasteiger partial charge in [0.05, 0.1) is 24.6 Å². The van der Waals surface area contributed by atoms with Crippen LogP contribution in [-0.4, -0.2) is 134 Å². The van der Waals surface area contributed by atoms with Crippen LogP contribution in [0.1, 0.15) is 78.8 Å². The van der Waals surface area contributed by atoms with Gasteiger partial charge in [0.2, 0.25) is 29.5 Å². The molecule has 2 aliphatic rings. The molecule has 1 unspecified atom stereocenters. The number of carboxylic acid groups (broad SMARTS) is 1. The molecular weight excluding hydrogens is 690 g/mol. The quantitative estimate of drug-likeness (QED) is 0.0475. The zero-order valence-electron chi connectivity index (χ0n) is 31.3. The summed E-state index contributed by atoms with van der Waals surface area (Å²) in [6.45, 7) is 9.36. The van der Waals surface area contributed by atoms with Gasteiger partial charge in [-0.15, -0.1) is 0 Å². The number of aromatic amines is 1. The predicted molar refractivity (Wildman–Crippen MR) is 194 cm³/mol. The van der Waals surface area contributed by atoms with Gasteiger partial charge in [-0.05, 0) is 65.2 Å². The maximum absolute atomic E-state index is 14.2. The second-order valence-corrected chi connectivity index (χ2v) is 14.9. The van der Waals surface area contributed by atoms with E-state index in [2.05, 4.69) is 30.9 Å². The van der Waals surface area contributed by atoms with Crippen molar-refractivity contribution in [1.29, 1.82) is 0 Å². The van der Waals surface area contributed by atoms with Crippen LogP contribution in [0.5, 0.6) is 0 Å². The van der Waals surface area contributed by atoms with Crippen molar-refractivity contribution in [2.45, 2.75) is 121 Å². The van der Waals surface area contributed by atoms with E-state index < -0.39 is 77.4 Å². The maximum Gasteiger partial charge on any atom is 0.329 e. The van der Waals surface area contributed by atoms with E-state index in [-0.39, 0.29) is 57.3 Å². The average molecular weight is 748 g/mol. The van der Waals surface area contributed by atoms with Crippen LogP contribution in [0.25, 0.3) is 0 Å². The standard InChI is InChI=1S/C34H57N11O8/c1-19(2)14-23(31(50)45-13-10-25(27(45)32(51)52)53-34(3,4)5)43-29(48)24-9-7-12-44(24)30(49)21(8-6-11-39-33(36)37)42-28(47)22(41-26(46)16-35)15-20-17-38-18-40-20/h17-19,21-25,27H,6-16,35H2,1-5H3,(H,38,40)(H,41,46)(H,42,47)(H,43,48)(H,51,52)(H4,36,37,39)/t21-,22-,23-,24-,25?,27-/m0/s1. The summed E-state index contributed by atoms with van der Waals surface area (Å²) in [5.41, 5.74) is 16.3. The number of nitrogens with zero attached hydrogens (tertiary/aromatic N) is 4. The smallest absolute Gasteiger partial charge is 0.329 e. The van der Waals surface area contributed by atoms with Crippen LogP contribution < -0.4 is 33.2 Å². The van der Waals surface area contributed by atoms with Gasteiger partial charge in [-0.1, -0.05) is 13.8 Å². The summed E-state index contributed by atoms with van der Waals surface area (Å²) >= 11 is 0. The number of carbonyl (C=O) groups excluding carboxylic acids is 5. The van der Waals surface area contributed by atoms with Crippen LogP contribution in [0.3, 0.4) is 0 Å². The van der Waals surface area contributed by atoms with Gasteiger partial charge in [0.1, 0.15) is 24.2 Å². The Kier molecular flexibility index (Phi) is 15.6. The molecule has 3 rings (SSSR count). The van der Waals surface area contributed by atoms with Gasteiger partial charge in [-0.25, -0.2) is 9.78 Å². The zero-order chi connectivity index (χ0) is 39.5. The molecule has 2 saturated heterocycles. The molecule has 19 nitrogen and oxygen atoms in total. The topological polar surface area (TPSA) is 294 Å². The van der Waals surface area contributed by atoms with E-state index in [0.717, 1.165) is 0 Å². The summed E-state index contributed by atoms with van der Waals surface area (Å²) in [5, 5.41) is 18.3. The van der Waals surface area contributed by atoms with Crippen molar-refractivity contribution in [2.75, 3.05) is 26.2 Å². The minimum atomic E-state index is -1.23. The highest BCUT2D eigenvalue weighted by atomic mass is 16.5. The van der Waals surface area contributed by atoms with Crippen molar-refractivity contribution in [3.8, 4) is 0 Å². The predicted octanol–water partition coefficient (Wildman–Crippen LogP) is -1.67. The third-order valence-corrected chi connectivity index (χ3v) is 8.92. The number of nitrogens with two attached hydrogens (primary N) is 3. The number of hydrogen-bond acceptors (Lipinski definition) is 10. The fourth-order valence-electron chi connectivity index (χ4n) is 6.66. The Bertz CT molecular complexity index is 1460. The number of likely N-dealkylation sites (tertiary alicyclic amines) is 2. The largest absolute Gasteiger partial charge is 0.480 e. The molecule has 6 atom stereocenters. The van der Waals surface area contributed by atoms with E-state index in [9.17, 15) is 33.9 Å². The van der Waals surface area contributed by atoms with Gasteiger partial charge in [-0.2, -0.15) is 0 Å². The number of guanidine groups is 1. The molecule has 0 saturated carbocycles. The summed E-state index contributed by atoms with van der Waals surface area (Å²) < 4.78 is 5.99. The summed E-state index contributed by atoms with van der Waals surface area (Å²) in [4.78, 5) is 93.7. The molecule has 0 aliphatic carbocycles. The Morgan fingerprint density at radius 2 is 1.72 bits per heavy atom. The Labute approximate surface area is 309 Å². The second kappa shape index (κ2) is 19.3. The molecular formula is C34H57N11O8. The highest BCUT2D eigenvalue weighted by Gasteiger charge is 2.47. The SMILES string of the molecule is CC(C)C[C@H](NC(=O)[C@@H]1CCCN1C(=O)[C@H](CCCN=C(N)N)NC(=O)[C@H](Cc1cnc[nH]1)NC(=O)CN)C(=O)N1CCC(OC(C)(C)C)[C@H]1C(=O)O. The number of carboxylic acids is 1. The Balaban J connectivity index is 1.82. The molecule has 2 aliphatic heterocycles. The minimum Gasteiger partial charge on any atom is -0.480 e. The van der Waals surface area contributed by atoms with Crippen LogP contribution in [0.2, 0.25) is 0 Å². The first kappa shape index (κ1) is 42.6. The van der Waals surface area contributed by atoms with Crippen LogP contribution in [0, 0.1) is 5.92 Å². The summed E-state index contributed by atoms with van der Waals surface area (Å²) in [5.74, 6) is -4.26. The van der Waals surface area contributed by atoms with E-state index in [1.807, 2.05) is 34.6 Å². The molecule has 0 bridgehead atoms. The van der Waals surface area contributed by atoms with Crippen molar-refractivity contribution >= 4 is 41.5 Å². The lowest BCUT2D eigenvalue weighted by Crippen LogP contribution is -2.59. The van der Waals surface area contributed by atoms with Crippen molar-refractivity contribution in [3.63, 3.8) is 0 Å². The normalized spacial score (nSPS) is 20.4. The summed E-state index contributed by atoms with van der Waals surface area (Å²) in [6.07, 6.45) is 3.97. The van der Waals surface area contributed by atoms with Gasteiger partial charge >= 0.3 is 5.97 Å². The number of carbonyl (C=O) groups is 6. The number of rotatable bonds is 18. The fraction of sp³-hybridized carbons (Fsp3) is 0.706. The number of H-pyrrole nitrogens is 1. The third kappa shape index (κ3) is 12.7. The third-order valence-electron chi connectivity index (χ3n) is 8.92. The lowest BCUT2D eigenvalue weighted by atomic mass is 10.0. The number of imidazole rings is 1. The highest BCUT2D eigenvalue weighted by molar-refractivity contribution is 5.96. The maximum atomic E-state index is 14.2. The number of hydrogen-bond donors (Lipinski definition) is 8. The molecule has 0 aromatic carbocycles. The van der Waals surface area contributed by atoms with Crippen LogP contribution in [-0.2, 0) is 39.9 Å². The Morgan fingerprint density at radius 1 is 1.02 bits per heavy atom. The molecule has 19 heteroatoms. The molecule has 11 N–H and O–H groups in total. The van der Waals surface area contributed by atoms with Crippen molar-refractivity contribution < 1.29 is 38.6 Å². The van der Waals surface area contributed by atoms with E-state index in [1.54, 1.807) is 0 Å². The molecule has 0 spiro atoms.